The van der Waals surface area contributed by atoms with Crippen molar-refractivity contribution in [3.8, 4) is 0 Å². The molecule has 1 aliphatic heterocycles. The average molecular weight is 270 g/mol. The van der Waals surface area contributed by atoms with E-state index >= 15 is 0 Å². The monoisotopic (exact) mass is 270 g/mol. The summed E-state index contributed by atoms with van der Waals surface area (Å²) in [6.07, 6.45) is 1.40. The van der Waals surface area contributed by atoms with Crippen molar-refractivity contribution < 1.29 is 14.3 Å². The van der Waals surface area contributed by atoms with E-state index in [1.807, 2.05) is 28.2 Å². The Morgan fingerprint density at radius 2 is 1.42 bits per heavy atom. The van der Waals surface area contributed by atoms with E-state index in [4.69, 9.17) is 9.47 Å². The number of ether oxygens (including phenoxy) is 2. The number of carbonyl (C=O) groups excluding carboxylic acids is 1. The number of hydrogen-bond acceptors (Lipinski definition) is 5. The molecule has 0 aromatic rings. The first-order chi connectivity index (χ1) is 8.92. The molecule has 5 heteroatoms. The van der Waals surface area contributed by atoms with Crippen LogP contribution < -0.4 is 0 Å². The summed E-state index contributed by atoms with van der Waals surface area (Å²) >= 11 is 0. The average Bonchev–Trinajstić information content (AvgIpc) is 2.72. The van der Waals surface area contributed by atoms with E-state index in [0.29, 0.717) is 31.8 Å². The van der Waals surface area contributed by atoms with E-state index in [-0.39, 0.29) is 11.8 Å². The first-order valence-electron chi connectivity index (χ1n) is 7.03. The number of Topliss-reactive ketones (excluding diaryl/α,β-unsaturated/α-hetero) is 1. The van der Waals surface area contributed by atoms with Gasteiger partial charge in [0, 0.05) is 37.8 Å². The van der Waals surface area contributed by atoms with E-state index in [1.54, 1.807) is 0 Å². The molecule has 2 aliphatic rings. The van der Waals surface area contributed by atoms with Gasteiger partial charge in [-0.15, -0.1) is 0 Å². The lowest BCUT2D eigenvalue weighted by atomic mass is 9.76. The molecule has 0 bridgehead atoms. The van der Waals surface area contributed by atoms with Crippen molar-refractivity contribution in [2.24, 2.45) is 11.8 Å². The molecule has 1 spiro atoms. The molecule has 0 aromatic carbocycles. The van der Waals surface area contributed by atoms with Gasteiger partial charge in [-0.2, -0.15) is 0 Å². The van der Waals surface area contributed by atoms with Crippen LogP contribution >= 0.6 is 0 Å². The Morgan fingerprint density at radius 1 is 1.00 bits per heavy atom. The van der Waals surface area contributed by atoms with E-state index in [2.05, 4.69) is 9.80 Å². The topological polar surface area (TPSA) is 42.0 Å². The highest BCUT2D eigenvalue weighted by atomic mass is 16.7. The first-order valence-corrected chi connectivity index (χ1v) is 7.03. The van der Waals surface area contributed by atoms with Crippen molar-refractivity contribution >= 4 is 5.78 Å². The molecule has 0 amide bonds. The van der Waals surface area contributed by atoms with Gasteiger partial charge in [0.1, 0.15) is 5.78 Å². The Bertz CT molecular complexity index is 301. The van der Waals surface area contributed by atoms with Gasteiger partial charge in [-0.1, -0.05) is 0 Å². The molecule has 1 saturated carbocycles. The standard InChI is InChI=1S/C14H26N2O3/c1-15(2)9-11-7-14(18-5-6-19-14)8-12(13(11)17)10-16(3)4/h11-12H,5-10H2,1-4H3. The normalized spacial score (nSPS) is 30.7. The number of rotatable bonds is 4. The fourth-order valence-corrected chi connectivity index (χ4v) is 3.29. The van der Waals surface area contributed by atoms with Crippen LogP contribution in [0.15, 0.2) is 0 Å². The molecule has 2 rings (SSSR count). The van der Waals surface area contributed by atoms with Gasteiger partial charge < -0.3 is 19.3 Å². The largest absolute Gasteiger partial charge is 0.347 e. The third kappa shape index (κ3) is 3.54. The van der Waals surface area contributed by atoms with Gasteiger partial charge in [0.25, 0.3) is 0 Å². The summed E-state index contributed by atoms with van der Waals surface area (Å²) in [4.78, 5) is 16.7. The zero-order valence-corrected chi connectivity index (χ0v) is 12.5. The molecule has 1 saturated heterocycles. The number of carbonyl (C=O) groups is 1. The second kappa shape index (κ2) is 5.87. The van der Waals surface area contributed by atoms with Gasteiger partial charge in [-0.25, -0.2) is 0 Å². The summed E-state index contributed by atoms with van der Waals surface area (Å²) in [5.41, 5.74) is 0. The summed E-state index contributed by atoms with van der Waals surface area (Å²) in [6.45, 7) is 2.85. The maximum atomic E-state index is 12.6. The molecule has 1 heterocycles. The summed E-state index contributed by atoms with van der Waals surface area (Å²) in [6, 6.07) is 0. The summed E-state index contributed by atoms with van der Waals surface area (Å²) in [5.74, 6) is -0.0966. The van der Waals surface area contributed by atoms with Gasteiger partial charge in [0.05, 0.1) is 13.2 Å². The quantitative estimate of drug-likeness (QED) is 0.742. The predicted molar refractivity (Wildman–Crippen MR) is 73.0 cm³/mol. The van der Waals surface area contributed by atoms with Crippen molar-refractivity contribution in [2.75, 3.05) is 54.5 Å². The van der Waals surface area contributed by atoms with Gasteiger partial charge in [-0.05, 0) is 28.2 Å². The van der Waals surface area contributed by atoms with Crippen LogP contribution in [0, 0.1) is 11.8 Å². The van der Waals surface area contributed by atoms with Crippen LogP contribution in [-0.4, -0.2) is 75.9 Å². The zero-order chi connectivity index (χ0) is 14.0. The smallest absolute Gasteiger partial charge is 0.169 e. The zero-order valence-electron chi connectivity index (χ0n) is 12.5. The molecule has 110 valence electrons. The van der Waals surface area contributed by atoms with Crippen molar-refractivity contribution in [1.29, 1.82) is 0 Å². The molecule has 2 unspecified atom stereocenters. The lowest BCUT2D eigenvalue weighted by Gasteiger charge is -2.41. The van der Waals surface area contributed by atoms with Crippen LogP contribution in [0.2, 0.25) is 0 Å². The second-order valence-electron chi connectivity index (χ2n) is 6.34. The maximum Gasteiger partial charge on any atom is 0.169 e. The molecular weight excluding hydrogens is 244 g/mol. The molecule has 2 fully saturated rings. The first kappa shape index (κ1) is 14.9. The number of nitrogens with zero attached hydrogens (tertiary/aromatic N) is 2. The minimum atomic E-state index is -0.505. The fraction of sp³-hybridized carbons (Fsp3) is 0.929. The minimum absolute atomic E-state index is 0.0202. The Kier molecular flexibility index (Phi) is 4.61. The highest BCUT2D eigenvalue weighted by molar-refractivity contribution is 5.85. The lowest BCUT2D eigenvalue weighted by molar-refractivity contribution is -0.200. The van der Waals surface area contributed by atoms with E-state index in [1.165, 1.54) is 0 Å². The highest BCUT2D eigenvalue weighted by Gasteiger charge is 2.49. The van der Waals surface area contributed by atoms with Gasteiger partial charge in [0.15, 0.2) is 5.79 Å². The molecule has 2 atom stereocenters. The molecule has 19 heavy (non-hydrogen) atoms. The number of ketones is 1. The van der Waals surface area contributed by atoms with E-state index in [0.717, 1.165) is 13.1 Å². The van der Waals surface area contributed by atoms with Gasteiger partial charge in [-0.3, -0.25) is 4.79 Å². The van der Waals surface area contributed by atoms with Crippen molar-refractivity contribution in [3.05, 3.63) is 0 Å². The van der Waals surface area contributed by atoms with E-state index < -0.39 is 5.79 Å². The molecular formula is C14H26N2O3. The molecule has 0 aromatic heterocycles. The Balaban J connectivity index is 2.12. The molecule has 0 radical (unpaired) electrons. The van der Waals surface area contributed by atoms with Crippen LogP contribution in [0.1, 0.15) is 12.8 Å². The van der Waals surface area contributed by atoms with Crippen LogP contribution in [-0.2, 0) is 14.3 Å². The lowest BCUT2D eigenvalue weighted by Crippen LogP contribution is -2.50. The van der Waals surface area contributed by atoms with Crippen LogP contribution in [0.25, 0.3) is 0 Å². The summed E-state index contributed by atoms with van der Waals surface area (Å²) in [5, 5.41) is 0. The fourth-order valence-electron chi connectivity index (χ4n) is 3.29. The van der Waals surface area contributed by atoms with Crippen LogP contribution in [0.5, 0.6) is 0 Å². The third-order valence-electron chi connectivity index (χ3n) is 3.90. The van der Waals surface area contributed by atoms with Crippen molar-refractivity contribution in [3.63, 3.8) is 0 Å². The minimum Gasteiger partial charge on any atom is -0.347 e. The summed E-state index contributed by atoms with van der Waals surface area (Å²) < 4.78 is 11.7. The van der Waals surface area contributed by atoms with Crippen LogP contribution in [0.3, 0.4) is 0 Å². The van der Waals surface area contributed by atoms with Gasteiger partial charge in [0.2, 0.25) is 0 Å². The Morgan fingerprint density at radius 3 is 1.79 bits per heavy atom. The molecule has 0 N–H and O–H groups in total. The Labute approximate surface area is 115 Å². The maximum absolute atomic E-state index is 12.6. The van der Waals surface area contributed by atoms with Gasteiger partial charge >= 0.3 is 0 Å². The molecule has 5 nitrogen and oxygen atoms in total. The van der Waals surface area contributed by atoms with E-state index in [9.17, 15) is 4.79 Å². The third-order valence-corrected chi connectivity index (χ3v) is 3.90. The van der Waals surface area contributed by atoms with Crippen molar-refractivity contribution in [2.45, 2.75) is 18.6 Å². The molecule has 1 aliphatic carbocycles. The number of hydrogen-bond donors (Lipinski definition) is 0. The second-order valence-corrected chi connectivity index (χ2v) is 6.34. The Hall–Kier alpha value is -0.490. The SMILES string of the molecule is CN(C)CC1CC2(CC(CN(C)C)C1=O)OCCO2. The highest BCUT2D eigenvalue weighted by Crippen LogP contribution is 2.40. The summed E-state index contributed by atoms with van der Waals surface area (Å²) in [7, 11) is 8.02. The predicted octanol–water partition coefficient (Wildman–Crippen LogP) is 0.448. The van der Waals surface area contributed by atoms with Crippen LogP contribution in [0.4, 0.5) is 0 Å². The van der Waals surface area contributed by atoms with Crippen molar-refractivity contribution in [1.82, 2.24) is 9.80 Å².